The van der Waals surface area contributed by atoms with E-state index in [-0.39, 0.29) is 6.42 Å². The molecule has 0 saturated carbocycles. The van der Waals surface area contributed by atoms with E-state index in [2.05, 4.69) is 42.2 Å². The average Bonchev–Trinajstić information content (AvgIpc) is 2.81. The van der Waals surface area contributed by atoms with Crippen molar-refractivity contribution in [2.24, 2.45) is 0 Å². The van der Waals surface area contributed by atoms with E-state index in [9.17, 15) is 4.79 Å². The van der Waals surface area contributed by atoms with Crippen LogP contribution in [0.5, 0.6) is 0 Å². The van der Waals surface area contributed by atoms with Gasteiger partial charge in [0.05, 0.1) is 6.42 Å². The third kappa shape index (κ3) is 3.91. The molecule has 0 unspecified atom stereocenters. The number of benzene rings is 1. The number of aromatic nitrogens is 2. The molecule has 106 valence electrons. The molecule has 0 fully saturated rings. The molecule has 0 aliphatic carbocycles. The highest BCUT2D eigenvalue weighted by molar-refractivity contribution is 5.66. The van der Waals surface area contributed by atoms with Crippen LogP contribution in [0.4, 0.5) is 0 Å². The minimum atomic E-state index is -0.806. The van der Waals surface area contributed by atoms with Gasteiger partial charge in [0, 0.05) is 12.8 Å². The summed E-state index contributed by atoms with van der Waals surface area (Å²) in [6, 6.07) is 6.25. The predicted molar refractivity (Wildman–Crippen MR) is 73.6 cm³/mol. The van der Waals surface area contributed by atoms with Gasteiger partial charge in [0.1, 0.15) is 0 Å². The summed E-state index contributed by atoms with van der Waals surface area (Å²) in [5.41, 5.74) is 3.63. The molecule has 2 aromatic rings. The highest BCUT2D eigenvalue weighted by Crippen LogP contribution is 2.14. The third-order valence-corrected chi connectivity index (χ3v) is 3.22. The van der Waals surface area contributed by atoms with Gasteiger partial charge in [0.25, 0.3) is 0 Å². The van der Waals surface area contributed by atoms with Crippen LogP contribution in [0.15, 0.2) is 22.6 Å². The van der Waals surface area contributed by atoms with Crippen LogP contribution in [0.25, 0.3) is 0 Å². The molecule has 1 heterocycles. The average molecular weight is 274 g/mol. The quantitative estimate of drug-likeness (QED) is 0.876. The smallest absolute Gasteiger partial charge is 0.303 e. The maximum atomic E-state index is 10.4. The highest BCUT2D eigenvalue weighted by atomic mass is 16.4. The Balaban J connectivity index is 1.95. The SMILES string of the molecule is Cc1ccc(Cc2nnc(CCCC(=O)O)o2)cc1C. The van der Waals surface area contributed by atoms with Crippen LogP contribution in [0.3, 0.4) is 0 Å². The van der Waals surface area contributed by atoms with Gasteiger partial charge in [-0.25, -0.2) is 0 Å². The molecule has 0 atom stereocenters. The van der Waals surface area contributed by atoms with Gasteiger partial charge in [-0.3, -0.25) is 4.79 Å². The van der Waals surface area contributed by atoms with Crippen LogP contribution >= 0.6 is 0 Å². The van der Waals surface area contributed by atoms with E-state index in [4.69, 9.17) is 9.52 Å². The first-order valence-electron chi connectivity index (χ1n) is 6.64. The molecule has 0 spiro atoms. The molecule has 0 amide bonds. The maximum Gasteiger partial charge on any atom is 0.303 e. The van der Waals surface area contributed by atoms with Crippen molar-refractivity contribution in [2.75, 3.05) is 0 Å². The van der Waals surface area contributed by atoms with Gasteiger partial charge < -0.3 is 9.52 Å². The Kier molecular flexibility index (Phi) is 4.50. The first-order chi connectivity index (χ1) is 9.54. The number of aryl methyl sites for hydroxylation is 3. The minimum absolute atomic E-state index is 0.120. The molecule has 20 heavy (non-hydrogen) atoms. The second-order valence-corrected chi connectivity index (χ2v) is 4.93. The second kappa shape index (κ2) is 6.32. The zero-order valence-electron chi connectivity index (χ0n) is 11.7. The number of hydrogen-bond donors (Lipinski definition) is 1. The number of carboxylic acids is 1. The summed E-state index contributed by atoms with van der Waals surface area (Å²) in [6.45, 7) is 4.15. The zero-order chi connectivity index (χ0) is 14.5. The number of aliphatic carboxylic acids is 1. The summed E-state index contributed by atoms with van der Waals surface area (Å²) in [7, 11) is 0. The fourth-order valence-electron chi connectivity index (χ4n) is 1.94. The summed E-state index contributed by atoms with van der Waals surface area (Å²) in [4.78, 5) is 10.4. The second-order valence-electron chi connectivity index (χ2n) is 4.93. The molecule has 1 N–H and O–H groups in total. The fraction of sp³-hybridized carbons (Fsp3) is 0.400. The molecule has 0 saturated heterocycles. The lowest BCUT2D eigenvalue weighted by atomic mass is 10.0. The Morgan fingerprint density at radius 1 is 1.20 bits per heavy atom. The molecule has 1 aromatic carbocycles. The van der Waals surface area contributed by atoms with Gasteiger partial charge in [-0.05, 0) is 37.0 Å². The van der Waals surface area contributed by atoms with Gasteiger partial charge in [0.15, 0.2) is 0 Å². The monoisotopic (exact) mass is 274 g/mol. The third-order valence-electron chi connectivity index (χ3n) is 3.22. The topological polar surface area (TPSA) is 76.2 Å². The zero-order valence-corrected chi connectivity index (χ0v) is 11.7. The molecule has 5 heteroatoms. The van der Waals surface area contributed by atoms with Gasteiger partial charge in [-0.1, -0.05) is 18.2 Å². The predicted octanol–water partition coefficient (Wildman–Crippen LogP) is 2.68. The molecule has 0 aliphatic heterocycles. The van der Waals surface area contributed by atoms with Crippen molar-refractivity contribution in [1.29, 1.82) is 0 Å². The van der Waals surface area contributed by atoms with E-state index in [1.54, 1.807) is 0 Å². The van der Waals surface area contributed by atoms with Crippen LogP contribution < -0.4 is 0 Å². The lowest BCUT2D eigenvalue weighted by Crippen LogP contribution is -1.95. The van der Waals surface area contributed by atoms with Crippen LogP contribution in [0.1, 0.15) is 41.3 Å². The lowest BCUT2D eigenvalue weighted by molar-refractivity contribution is -0.137. The van der Waals surface area contributed by atoms with E-state index < -0.39 is 5.97 Å². The molecular formula is C15H18N2O3. The minimum Gasteiger partial charge on any atom is -0.481 e. The maximum absolute atomic E-state index is 10.4. The molecular weight excluding hydrogens is 256 g/mol. The molecule has 1 aromatic heterocycles. The van der Waals surface area contributed by atoms with E-state index in [0.29, 0.717) is 31.0 Å². The standard InChI is InChI=1S/C15H18N2O3/c1-10-6-7-12(8-11(10)2)9-14-17-16-13(20-14)4-3-5-15(18)19/h6-8H,3-5,9H2,1-2H3,(H,18,19). The van der Waals surface area contributed by atoms with Crippen LogP contribution in [-0.4, -0.2) is 21.3 Å². The van der Waals surface area contributed by atoms with Gasteiger partial charge in [-0.2, -0.15) is 0 Å². The Morgan fingerprint density at radius 2 is 1.95 bits per heavy atom. The van der Waals surface area contributed by atoms with E-state index in [0.717, 1.165) is 5.56 Å². The fourth-order valence-corrected chi connectivity index (χ4v) is 1.94. The van der Waals surface area contributed by atoms with Crippen molar-refractivity contribution in [1.82, 2.24) is 10.2 Å². The number of carbonyl (C=O) groups is 1. The summed E-state index contributed by atoms with van der Waals surface area (Å²) in [6.07, 6.45) is 1.74. The number of nitrogens with zero attached hydrogens (tertiary/aromatic N) is 2. The highest BCUT2D eigenvalue weighted by Gasteiger charge is 2.08. The summed E-state index contributed by atoms with van der Waals surface area (Å²) < 4.78 is 5.52. The summed E-state index contributed by atoms with van der Waals surface area (Å²) in [5.74, 6) is 0.267. The first kappa shape index (κ1) is 14.2. The molecule has 0 aliphatic rings. The van der Waals surface area contributed by atoms with Crippen molar-refractivity contribution < 1.29 is 14.3 Å². The number of carboxylic acid groups (broad SMARTS) is 1. The van der Waals surface area contributed by atoms with Crippen LogP contribution in [-0.2, 0) is 17.6 Å². The van der Waals surface area contributed by atoms with E-state index in [1.165, 1.54) is 11.1 Å². The van der Waals surface area contributed by atoms with Crippen molar-refractivity contribution in [2.45, 2.75) is 39.5 Å². The largest absolute Gasteiger partial charge is 0.481 e. The van der Waals surface area contributed by atoms with Crippen molar-refractivity contribution >= 4 is 5.97 Å². The Bertz CT molecular complexity index is 605. The first-order valence-corrected chi connectivity index (χ1v) is 6.64. The van der Waals surface area contributed by atoms with Crippen LogP contribution in [0, 0.1) is 13.8 Å². The van der Waals surface area contributed by atoms with Crippen molar-refractivity contribution in [3.8, 4) is 0 Å². The van der Waals surface area contributed by atoms with E-state index >= 15 is 0 Å². The lowest BCUT2D eigenvalue weighted by Gasteiger charge is -2.02. The summed E-state index contributed by atoms with van der Waals surface area (Å²) >= 11 is 0. The van der Waals surface area contributed by atoms with Gasteiger partial charge >= 0.3 is 5.97 Å². The Hall–Kier alpha value is -2.17. The number of hydrogen-bond acceptors (Lipinski definition) is 4. The van der Waals surface area contributed by atoms with Crippen LogP contribution in [0.2, 0.25) is 0 Å². The van der Waals surface area contributed by atoms with Gasteiger partial charge in [0.2, 0.25) is 11.8 Å². The molecule has 2 rings (SSSR count). The Morgan fingerprint density at radius 3 is 2.65 bits per heavy atom. The number of rotatable bonds is 6. The summed E-state index contributed by atoms with van der Waals surface area (Å²) in [5, 5.41) is 16.5. The van der Waals surface area contributed by atoms with E-state index in [1.807, 2.05) is 0 Å². The Labute approximate surface area is 117 Å². The van der Waals surface area contributed by atoms with Gasteiger partial charge in [-0.15, -0.1) is 10.2 Å². The molecule has 0 radical (unpaired) electrons. The molecule has 5 nitrogen and oxygen atoms in total. The molecule has 0 bridgehead atoms. The van der Waals surface area contributed by atoms with Crippen molar-refractivity contribution in [3.05, 3.63) is 46.7 Å². The normalized spacial score (nSPS) is 10.7. The van der Waals surface area contributed by atoms with Crippen molar-refractivity contribution in [3.63, 3.8) is 0 Å².